The molecule has 0 aliphatic rings. The molecule has 0 aliphatic carbocycles. The topological polar surface area (TPSA) is 107 Å². The summed E-state index contributed by atoms with van der Waals surface area (Å²) in [5, 5.41) is 23.1. The van der Waals surface area contributed by atoms with Gasteiger partial charge in [0.05, 0.1) is 6.10 Å². The highest BCUT2D eigenvalue weighted by molar-refractivity contribution is 8.01. The lowest BCUT2D eigenvalue weighted by molar-refractivity contribution is -0.124. The van der Waals surface area contributed by atoms with Gasteiger partial charge in [-0.25, -0.2) is 0 Å². The van der Waals surface area contributed by atoms with Gasteiger partial charge in [-0.2, -0.15) is 0 Å². The summed E-state index contributed by atoms with van der Waals surface area (Å²) < 4.78 is 0.748. The molecule has 1 unspecified atom stereocenters. The fraction of sp³-hybridized carbons (Fsp3) is 0.571. The molecule has 0 aromatic carbocycles. The van der Waals surface area contributed by atoms with Crippen LogP contribution in [0.1, 0.15) is 12.8 Å². The molecule has 1 rings (SSSR count). The Labute approximate surface area is 149 Å². The van der Waals surface area contributed by atoms with Crippen LogP contribution in [0.3, 0.4) is 0 Å². The Morgan fingerprint density at radius 2 is 2.08 bits per heavy atom. The van der Waals surface area contributed by atoms with Crippen LogP contribution in [-0.2, 0) is 9.59 Å². The summed E-state index contributed by atoms with van der Waals surface area (Å²) >= 11 is 2.76. The van der Waals surface area contributed by atoms with Crippen LogP contribution < -0.4 is 10.6 Å². The van der Waals surface area contributed by atoms with Crippen LogP contribution in [-0.4, -0.2) is 71.1 Å². The van der Waals surface area contributed by atoms with Crippen molar-refractivity contribution in [3.63, 3.8) is 0 Å². The number of amides is 2. The zero-order chi connectivity index (χ0) is 17.9. The van der Waals surface area contributed by atoms with Crippen molar-refractivity contribution in [1.29, 1.82) is 0 Å². The molecule has 134 valence electrons. The fourth-order valence-corrected chi connectivity index (χ4v) is 3.19. The summed E-state index contributed by atoms with van der Waals surface area (Å²) in [5.74, 6) is 0.153. The normalized spacial score (nSPS) is 12.0. The zero-order valence-electron chi connectivity index (χ0n) is 13.8. The summed E-state index contributed by atoms with van der Waals surface area (Å²) in [4.78, 5) is 25.3. The Morgan fingerprint density at radius 1 is 1.38 bits per heavy atom. The third-order valence-electron chi connectivity index (χ3n) is 2.67. The number of carbonyl (C=O) groups is 2. The number of anilines is 1. The lowest BCUT2D eigenvalue weighted by Gasteiger charge is -2.16. The van der Waals surface area contributed by atoms with Crippen LogP contribution in [0.5, 0.6) is 0 Å². The largest absolute Gasteiger partial charge is 0.390 e. The lowest BCUT2D eigenvalue weighted by atomic mass is 10.2. The molecular formula is C14H23N5O3S2. The number of aliphatic hydroxyl groups is 1. The Hall–Kier alpha value is -1.49. The Bertz CT molecular complexity index is 550. The van der Waals surface area contributed by atoms with E-state index in [0.717, 1.165) is 10.1 Å². The lowest BCUT2D eigenvalue weighted by Crippen LogP contribution is -2.37. The average molecular weight is 374 g/mol. The van der Waals surface area contributed by atoms with Gasteiger partial charge in [-0.1, -0.05) is 29.2 Å². The fourth-order valence-electron chi connectivity index (χ4n) is 1.66. The molecule has 2 amide bonds. The second kappa shape index (κ2) is 11.1. The highest BCUT2D eigenvalue weighted by Gasteiger charge is 2.12. The Morgan fingerprint density at radius 3 is 2.75 bits per heavy atom. The standard InChI is InChI=1S/C14H23N5O3S2/c1-4-7-23-14-18-17-13(24-14)16-12(22)6-5-11(21)15-8-10(20)9-19(2)3/h4,10,20H,1,5-9H2,2-3H3,(H,15,21)(H,16,17,22). The van der Waals surface area contributed by atoms with Gasteiger partial charge >= 0.3 is 0 Å². The van der Waals surface area contributed by atoms with Gasteiger partial charge in [-0.05, 0) is 14.1 Å². The molecule has 24 heavy (non-hydrogen) atoms. The average Bonchev–Trinajstić information content (AvgIpc) is 2.95. The number of likely N-dealkylation sites (N-methyl/N-ethyl adjacent to an activating group) is 1. The van der Waals surface area contributed by atoms with Gasteiger partial charge in [-0.3, -0.25) is 9.59 Å². The molecule has 8 nitrogen and oxygen atoms in total. The maximum Gasteiger partial charge on any atom is 0.226 e. The van der Waals surface area contributed by atoms with Gasteiger partial charge < -0.3 is 20.6 Å². The van der Waals surface area contributed by atoms with Crippen molar-refractivity contribution in [3.05, 3.63) is 12.7 Å². The molecule has 1 aromatic heterocycles. The van der Waals surface area contributed by atoms with E-state index in [0.29, 0.717) is 11.7 Å². The molecule has 0 saturated heterocycles. The van der Waals surface area contributed by atoms with Crippen molar-refractivity contribution < 1.29 is 14.7 Å². The number of nitrogens with one attached hydrogen (secondary N) is 2. The number of aliphatic hydroxyl groups excluding tert-OH is 1. The van der Waals surface area contributed by atoms with Crippen molar-refractivity contribution in [3.8, 4) is 0 Å². The third-order valence-corrected chi connectivity index (χ3v) is 4.64. The van der Waals surface area contributed by atoms with Crippen molar-refractivity contribution in [1.82, 2.24) is 20.4 Å². The van der Waals surface area contributed by atoms with E-state index in [1.807, 2.05) is 19.0 Å². The van der Waals surface area contributed by atoms with E-state index < -0.39 is 6.10 Å². The predicted octanol–water partition coefficient (Wildman–Crippen LogP) is 0.574. The monoisotopic (exact) mass is 373 g/mol. The molecule has 1 heterocycles. The smallest absolute Gasteiger partial charge is 0.226 e. The minimum atomic E-state index is -0.634. The van der Waals surface area contributed by atoms with Crippen molar-refractivity contribution in [2.45, 2.75) is 23.3 Å². The SMILES string of the molecule is C=CCSc1nnc(NC(=O)CCC(=O)NCC(O)CN(C)C)s1. The molecule has 0 spiro atoms. The minimum Gasteiger partial charge on any atom is -0.390 e. The first-order valence-corrected chi connectivity index (χ1v) is 9.17. The molecule has 0 saturated carbocycles. The van der Waals surface area contributed by atoms with E-state index in [2.05, 4.69) is 27.4 Å². The van der Waals surface area contributed by atoms with Gasteiger partial charge in [-0.15, -0.1) is 16.8 Å². The first-order valence-electron chi connectivity index (χ1n) is 7.37. The summed E-state index contributed by atoms with van der Waals surface area (Å²) in [6.45, 7) is 4.25. The third kappa shape index (κ3) is 8.96. The van der Waals surface area contributed by atoms with Crippen molar-refractivity contribution in [2.24, 2.45) is 0 Å². The first kappa shape index (κ1) is 20.6. The van der Waals surface area contributed by atoms with Gasteiger partial charge in [0.25, 0.3) is 0 Å². The Kier molecular flexibility index (Phi) is 9.53. The number of hydrogen-bond donors (Lipinski definition) is 3. The van der Waals surface area contributed by atoms with Crippen LogP contribution in [0.4, 0.5) is 5.13 Å². The summed E-state index contributed by atoms with van der Waals surface area (Å²) in [7, 11) is 3.67. The molecule has 0 bridgehead atoms. The van der Waals surface area contributed by atoms with Gasteiger partial charge in [0.1, 0.15) is 0 Å². The van der Waals surface area contributed by atoms with Crippen LogP contribution >= 0.6 is 23.1 Å². The van der Waals surface area contributed by atoms with Crippen LogP contribution in [0.15, 0.2) is 17.0 Å². The van der Waals surface area contributed by atoms with Crippen LogP contribution in [0, 0.1) is 0 Å². The number of aromatic nitrogens is 2. The highest BCUT2D eigenvalue weighted by atomic mass is 32.2. The number of nitrogens with zero attached hydrogens (tertiary/aromatic N) is 3. The van der Waals surface area contributed by atoms with E-state index in [1.165, 1.54) is 23.1 Å². The highest BCUT2D eigenvalue weighted by Crippen LogP contribution is 2.25. The molecule has 1 aromatic rings. The maximum absolute atomic E-state index is 11.8. The Balaban J connectivity index is 2.24. The van der Waals surface area contributed by atoms with Gasteiger partial charge in [0, 0.05) is 31.7 Å². The summed E-state index contributed by atoms with van der Waals surface area (Å²) in [5.41, 5.74) is 0. The second-order valence-electron chi connectivity index (χ2n) is 5.24. The predicted molar refractivity (Wildman–Crippen MR) is 96.3 cm³/mol. The van der Waals surface area contributed by atoms with E-state index >= 15 is 0 Å². The van der Waals surface area contributed by atoms with E-state index in [4.69, 9.17) is 0 Å². The van der Waals surface area contributed by atoms with Gasteiger partial charge in [0.2, 0.25) is 16.9 Å². The van der Waals surface area contributed by atoms with Crippen molar-refractivity contribution >= 4 is 40.0 Å². The molecule has 3 N–H and O–H groups in total. The molecule has 0 radical (unpaired) electrons. The zero-order valence-corrected chi connectivity index (χ0v) is 15.5. The summed E-state index contributed by atoms with van der Waals surface area (Å²) in [6.07, 6.45) is 1.23. The number of hydrogen-bond acceptors (Lipinski definition) is 8. The molecule has 0 fully saturated rings. The quantitative estimate of drug-likeness (QED) is 0.296. The molecule has 0 aliphatic heterocycles. The summed E-state index contributed by atoms with van der Waals surface area (Å²) in [6, 6.07) is 0. The first-order chi connectivity index (χ1) is 11.4. The van der Waals surface area contributed by atoms with Crippen LogP contribution in [0.2, 0.25) is 0 Å². The number of carbonyl (C=O) groups excluding carboxylic acids is 2. The molecular weight excluding hydrogens is 350 g/mol. The second-order valence-corrected chi connectivity index (χ2v) is 7.49. The molecule has 1 atom stereocenters. The van der Waals surface area contributed by atoms with Gasteiger partial charge in [0.15, 0.2) is 4.34 Å². The number of rotatable bonds is 11. The van der Waals surface area contributed by atoms with E-state index in [9.17, 15) is 14.7 Å². The maximum atomic E-state index is 11.8. The van der Waals surface area contributed by atoms with E-state index in [-0.39, 0.29) is 31.2 Å². The minimum absolute atomic E-state index is 0.0460. The van der Waals surface area contributed by atoms with Crippen molar-refractivity contribution in [2.75, 3.05) is 38.3 Å². The van der Waals surface area contributed by atoms with E-state index in [1.54, 1.807) is 6.08 Å². The van der Waals surface area contributed by atoms with Crippen LogP contribution in [0.25, 0.3) is 0 Å². The number of thioether (sulfide) groups is 1. The molecule has 10 heteroatoms.